The Bertz CT molecular complexity index is 458. The van der Waals surface area contributed by atoms with E-state index < -0.39 is 0 Å². The van der Waals surface area contributed by atoms with Gasteiger partial charge in [0.05, 0.1) is 11.7 Å². The molecule has 0 aliphatic heterocycles. The molecule has 0 spiro atoms. The van der Waals surface area contributed by atoms with Crippen LogP contribution in [0.1, 0.15) is 76.1 Å². The molecule has 0 amide bonds. The lowest BCUT2D eigenvalue weighted by atomic mass is 10.1. The molecule has 1 aromatic rings. The highest BCUT2D eigenvalue weighted by Crippen LogP contribution is 2.40. The Labute approximate surface area is 128 Å². The molecule has 0 bridgehead atoms. The lowest BCUT2D eigenvalue weighted by Crippen LogP contribution is -2.15. The van der Waals surface area contributed by atoms with Crippen LogP contribution in [0.25, 0.3) is 0 Å². The third-order valence-corrected chi connectivity index (χ3v) is 4.07. The van der Waals surface area contributed by atoms with Crippen LogP contribution in [0.4, 0.5) is 5.82 Å². The van der Waals surface area contributed by atoms with Crippen LogP contribution >= 0.6 is 0 Å². The molecule has 1 saturated carbocycles. The maximum Gasteiger partial charge on any atom is 0.222 e. The zero-order valence-electron chi connectivity index (χ0n) is 13.9. The average molecular weight is 291 g/mol. The van der Waals surface area contributed by atoms with E-state index in [9.17, 15) is 0 Å². The topological polar surface area (TPSA) is 47.0 Å². The molecule has 1 fully saturated rings. The van der Waals surface area contributed by atoms with Crippen LogP contribution in [0, 0.1) is 6.92 Å². The van der Waals surface area contributed by atoms with Crippen LogP contribution in [0.3, 0.4) is 0 Å². The van der Waals surface area contributed by atoms with E-state index in [1.54, 1.807) is 0 Å². The summed E-state index contributed by atoms with van der Waals surface area (Å²) in [5.41, 5.74) is 1.02. The summed E-state index contributed by atoms with van der Waals surface area (Å²) in [5, 5.41) is 3.16. The van der Waals surface area contributed by atoms with E-state index in [0.717, 1.165) is 29.5 Å². The maximum atomic E-state index is 6.10. The fourth-order valence-electron chi connectivity index (χ4n) is 2.50. The van der Waals surface area contributed by atoms with Crippen molar-refractivity contribution in [2.24, 2.45) is 0 Å². The van der Waals surface area contributed by atoms with Crippen molar-refractivity contribution >= 4 is 5.82 Å². The maximum absolute atomic E-state index is 6.10. The van der Waals surface area contributed by atoms with E-state index in [4.69, 9.17) is 4.74 Å². The third kappa shape index (κ3) is 4.58. The van der Waals surface area contributed by atoms with Gasteiger partial charge in [0.25, 0.3) is 0 Å². The van der Waals surface area contributed by atoms with Crippen molar-refractivity contribution in [2.45, 2.75) is 77.7 Å². The van der Waals surface area contributed by atoms with E-state index in [1.807, 2.05) is 14.0 Å². The second kappa shape index (κ2) is 7.62. The molecule has 0 radical (unpaired) electrons. The summed E-state index contributed by atoms with van der Waals surface area (Å²) in [6.07, 6.45) is 8.83. The number of hydrogen-bond donors (Lipinski definition) is 1. The smallest absolute Gasteiger partial charge is 0.222 e. The van der Waals surface area contributed by atoms with Gasteiger partial charge in [-0.1, -0.05) is 26.2 Å². The number of unbranched alkanes of at least 4 members (excludes halogenated alkanes) is 3. The molecule has 4 nitrogen and oxygen atoms in total. The minimum Gasteiger partial charge on any atom is -0.474 e. The van der Waals surface area contributed by atoms with Gasteiger partial charge in [-0.3, -0.25) is 0 Å². The van der Waals surface area contributed by atoms with Crippen LogP contribution in [-0.2, 0) is 0 Å². The molecule has 1 N–H and O–H groups in total. The Balaban J connectivity index is 1.99. The molecule has 0 saturated heterocycles. The molecule has 21 heavy (non-hydrogen) atoms. The van der Waals surface area contributed by atoms with Crippen LogP contribution in [-0.4, -0.2) is 23.1 Å². The van der Waals surface area contributed by atoms with Crippen LogP contribution in [0.15, 0.2) is 0 Å². The van der Waals surface area contributed by atoms with Gasteiger partial charge in [-0.25, -0.2) is 4.98 Å². The van der Waals surface area contributed by atoms with E-state index in [1.165, 1.54) is 38.5 Å². The largest absolute Gasteiger partial charge is 0.474 e. The van der Waals surface area contributed by atoms with Gasteiger partial charge in [-0.15, -0.1) is 0 Å². The second-order valence-electron chi connectivity index (χ2n) is 6.16. The van der Waals surface area contributed by atoms with Crippen molar-refractivity contribution < 1.29 is 4.74 Å². The summed E-state index contributed by atoms with van der Waals surface area (Å²) in [5.74, 6) is 3.15. The standard InChI is InChI=1S/C17H29N3O/c1-5-6-7-8-9-12(2)21-17-13(3)15(18-4)19-16(20-17)14-10-11-14/h12,14H,5-11H2,1-4H3,(H,18,19,20). The molecule has 2 rings (SSSR count). The molecule has 1 aromatic heterocycles. The van der Waals surface area contributed by atoms with E-state index in [-0.39, 0.29) is 6.10 Å². The minimum absolute atomic E-state index is 0.215. The van der Waals surface area contributed by atoms with Crippen molar-refractivity contribution in [3.63, 3.8) is 0 Å². The quantitative estimate of drug-likeness (QED) is 0.683. The Hall–Kier alpha value is -1.32. The van der Waals surface area contributed by atoms with Crippen molar-refractivity contribution in [3.8, 4) is 5.88 Å². The molecular formula is C17H29N3O. The first-order valence-electron chi connectivity index (χ1n) is 8.38. The first kappa shape index (κ1) is 16.1. The zero-order valence-corrected chi connectivity index (χ0v) is 13.9. The predicted molar refractivity (Wildman–Crippen MR) is 87.1 cm³/mol. The van der Waals surface area contributed by atoms with Crippen LogP contribution in [0.5, 0.6) is 5.88 Å². The summed E-state index contributed by atoms with van der Waals surface area (Å²) in [6.45, 7) is 6.41. The van der Waals surface area contributed by atoms with Gasteiger partial charge < -0.3 is 10.1 Å². The predicted octanol–water partition coefficient (Wildman–Crippen LogP) is 4.44. The summed E-state index contributed by atoms with van der Waals surface area (Å²) >= 11 is 0. The molecule has 1 heterocycles. The number of ether oxygens (including phenoxy) is 1. The van der Waals surface area contributed by atoms with Crippen molar-refractivity contribution in [1.82, 2.24) is 9.97 Å². The van der Waals surface area contributed by atoms with Crippen molar-refractivity contribution in [3.05, 3.63) is 11.4 Å². The monoisotopic (exact) mass is 291 g/mol. The average Bonchev–Trinajstić information content (AvgIpc) is 3.30. The Kier molecular flexibility index (Phi) is 5.83. The molecule has 1 unspecified atom stereocenters. The summed E-state index contributed by atoms with van der Waals surface area (Å²) in [4.78, 5) is 9.26. The van der Waals surface area contributed by atoms with E-state index >= 15 is 0 Å². The highest BCUT2D eigenvalue weighted by atomic mass is 16.5. The lowest BCUT2D eigenvalue weighted by Gasteiger charge is -2.17. The van der Waals surface area contributed by atoms with Gasteiger partial charge in [0, 0.05) is 13.0 Å². The molecule has 1 atom stereocenters. The van der Waals surface area contributed by atoms with E-state index in [2.05, 4.69) is 29.1 Å². The normalized spacial score (nSPS) is 15.8. The Morgan fingerprint density at radius 1 is 1.24 bits per heavy atom. The molecule has 0 aromatic carbocycles. The number of aromatic nitrogens is 2. The number of anilines is 1. The number of hydrogen-bond acceptors (Lipinski definition) is 4. The highest BCUT2D eigenvalue weighted by Gasteiger charge is 2.28. The SMILES string of the molecule is CCCCCCC(C)Oc1nc(C2CC2)nc(NC)c1C. The molecule has 118 valence electrons. The van der Waals surface area contributed by atoms with Gasteiger partial charge >= 0.3 is 0 Å². The van der Waals surface area contributed by atoms with Crippen molar-refractivity contribution in [2.75, 3.05) is 12.4 Å². The molecule has 1 aliphatic rings. The third-order valence-electron chi connectivity index (χ3n) is 4.07. The molecule has 4 heteroatoms. The number of rotatable bonds is 9. The summed E-state index contributed by atoms with van der Waals surface area (Å²) in [7, 11) is 1.91. The highest BCUT2D eigenvalue weighted by molar-refractivity contribution is 5.48. The van der Waals surface area contributed by atoms with Gasteiger partial charge in [0.1, 0.15) is 11.6 Å². The fraction of sp³-hybridized carbons (Fsp3) is 0.765. The van der Waals surface area contributed by atoms with Gasteiger partial charge in [0.15, 0.2) is 0 Å². The van der Waals surface area contributed by atoms with Crippen LogP contribution in [0.2, 0.25) is 0 Å². The van der Waals surface area contributed by atoms with Crippen molar-refractivity contribution in [1.29, 1.82) is 0 Å². The fourth-order valence-corrected chi connectivity index (χ4v) is 2.50. The van der Waals surface area contributed by atoms with Gasteiger partial charge in [-0.05, 0) is 39.5 Å². The van der Waals surface area contributed by atoms with Gasteiger partial charge in [0.2, 0.25) is 5.88 Å². The Morgan fingerprint density at radius 3 is 2.62 bits per heavy atom. The number of nitrogens with one attached hydrogen (secondary N) is 1. The first-order valence-corrected chi connectivity index (χ1v) is 8.38. The zero-order chi connectivity index (χ0) is 15.2. The Morgan fingerprint density at radius 2 is 2.00 bits per heavy atom. The van der Waals surface area contributed by atoms with E-state index in [0.29, 0.717) is 5.92 Å². The van der Waals surface area contributed by atoms with Crippen LogP contribution < -0.4 is 10.1 Å². The molecule has 1 aliphatic carbocycles. The lowest BCUT2D eigenvalue weighted by molar-refractivity contribution is 0.196. The number of nitrogens with zero attached hydrogens (tertiary/aromatic N) is 2. The minimum atomic E-state index is 0.215. The second-order valence-corrected chi connectivity index (χ2v) is 6.16. The summed E-state index contributed by atoms with van der Waals surface area (Å²) < 4.78 is 6.10. The first-order chi connectivity index (χ1) is 10.2. The summed E-state index contributed by atoms with van der Waals surface area (Å²) in [6, 6.07) is 0. The molecular weight excluding hydrogens is 262 g/mol. The van der Waals surface area contributed by atoms with Gasteiger partial charge in [-0.2, -0.15) is 4.98 Å².